The Morgan fingerprint density at radius 3 is 2.48 bits per heavy atom. The van der Waals surface area contributed by atoms with Gasteiger partial charge < -0.3 is 21.7 Å². The molecule has 1 aliphatic heterocycles. The quantitative estimate of drug-likeness (QED) is 0.540. The van der Waals surface area contributed by atoms with Crippen LogP contribution in [0.25, 0.3) is 0 Å². The predicted octanol–water partition coefficient (Wildman–Crippen LogP) is 1.54. The molecule has 1 aromatic carbocycles. The number of nitrogens with zero attached hydrogens (tertiary/aromatic N) is 4. The first-order chi connectivity index (χ1) is 12.7. The summed E-state index contributed by atoms with van der Waals surface area (Å²) in [5.41, 5.74) is 12.4. The highest BCUT2D eigenvalue weighted by atomic mass is 16.6. The van der Waals surface area contributed by atoms with Crippen LogP contribution in [0, 0.1) is 10.1 Å². The molecule has 1 aromatic heterocycles. The maximum Gasteiger partial charge on any atom is 0.269 e. The molecule has 1 fully saturated rings. The van der Waals surface area contributed by atoms with Crippen molar-refractivity contribution in [2.24, 2.45) is 5.73 Å². The van der Waals surface area contributed by atoms with Gasteiger partial charge in [0.1, 0.15) is 11.4 Å². The lowest BCUT2D eigenvalue weighted by Crippen LogP contribution is -2.48. The van der Waals surface area contributed by atoms with Crippen molar-refractivity contribution in [1.29, 1.82) is 0 Å². The van der Waals surface area contributed by atoms with Crippen molar-refractivity contribution in [1.82, 2.24) is 9.97 Å². The Labute approximate surface area is 155 Å². The molecule has 0 saturated carbocycles. The molecule has 0 spiro atoms. The van der Waals surface area contributed by atoms with Gasteiger partial charge in [0.15, 0.2) is 0 Å². The fourth-order valence-corrected chi connectivity index (χ4v) is 2.80. The molecule has 5 N–H and O–H groups in total. The van der Waals surface area contributed by atoms with Gasteiger partial charge in [-0.3, -0.25) is 14.9 Å². The van der Waals surface area contributed by atoms with Crippen molar-refractivity contribution in [3.63, 3.8) is 0 Å². The zero-order chi connectivity index (χ0) is 19.6. The van der Waals surface area contributed by atoms with E-state index in [1.807, 2.05) is 11.8 Å². The Morgan fingerprint density at radius 2 is 1.93 bits per heavy atom. The average molecular weight is 371 g/mol. The fourth-order valence-electron chi connectivity index (χ4n) is 2.80. The molecule has 0 radical (unpaired) electrons. The van der Waals surface area contributed by atoms with Crippen molar-refractivity contribution in [3.05, 3.63) is 46.1 Å². The van der Waals surface area contributed by atoms with Gasteiger partial charge in [-0.2, -0.15) is 4.98 Å². The lowest BCUT2D eigenvalue weighted by molar-refractivity contribution is -0.384. The third-order valence-corrected chi connectivity index (χ3v) is 4.57. The minimum atomic E-state index is -0.510. The number of nitro groups is 1. The Bertz CT molecular complexity index is 857. The van der Waals surface area contributed by atoms with Gasteiger partial charge in [0, 0.05) is 42.6 Å². The molecular formula is C17H21N7O3. The topological polar surface area (TPSA) is 153 Å². The summed E-state index contributed by atoms with van der Waals surface area (Å²) in [6.45, 7) is 3.47. The number of hydrogen-bond donors (Lipinski definition) is 3. The lowest BCUT2D eigenvalue weighted by atomic mass is 9.91. The lowest BCUT2D eigenvalue weighted by Gasteiger charge is -2.36. The van der Waals surface area contributed by atoms with E-state index in [1.54, 1.807) is 0 Å². The Kier molecular flexibility index (Phi) is 4.91. The van der Waals surface area contributed by atoms with E-state index in [1.165, 1.54) is 30.5 Å². The molecule has 1 amide bonds. The molecule has 1 aliphatic rings. The van der Waals surface area contributed by atoms with Gasteiger partial charge in [-0.05, 0) is 31.9 Å². The number of non-ortho nitro benzene ring substituents is 1. The molecule has 2 heterocycles. The number of nitrogen functional groups attached to an aromatic ring is 1. The average Bonchev–Trinajstić information content (AvgIpc) is 2.62. The first-order valence-electron chi connectivity index (χ1n) is 8.47. The van der Waals surface area contributed by atoms with Crippen molar-refractivity contribution in [2.45, 2.75) is 25.3 Å². The van der Waals surface area contributed by atoms with Crippen LogP contribution in [-0.4, -0.2) is 39.4 Å². The van der Waals surface area contributed by atoms with Crippen LogP contribution >= 0.6 is 0 Å². The number of anilines is 3. The van der Waals surface area contributed by atoms with E-state index in [0.717, 1.165) is 25.9 Å². The second kappa shape index (κ2) is 7.16. The summed E-state index contributed by atoms with van der Waals surface area (Å²) >= 11 is 0. The molecule has 0 atom stereocenters. The van der Waals surface area contributed by atoms with Crippen LogP contribution in [0.5, 0.6) is 0 Å². The third-order valence-electron chi connectivity index (χ3n) is 4.57. The molecule has 10 nitrogen and oxygen atoms in total. The number of benzene rings is 1. The summed E-state index contributed by atoms with van der Waals surface area (Å²) in [6.07, 6.45) is 3.02. The van der Waals surface area contributed by atoms with Crippen LogP contribution in [0.4, 0.5) is 23.1 Å². The van der Waals surface area contributed by atoms with E-state index >= 15 is 0 Å². The highest BCUT2D eigenvalue weighted by Crippen LogP contribution is 2.23. The first kappa shape index (κ1) is 18.5. The van der Waals surface area contributed by atoms with E-state index in [2.05, 4.69) is 15.3 Å². The van der Waals surface area contributed by atoms with Gasteiger partial charge in [0.25, 0.3) is 11.6 Å². The van der Waals surface area contributed by atoms with Gasteiger partial charge in [-0.1, -0.05) is 0 Å². The summed E-state index contributed by atoms with van der Waals surface area (Å²) in [5, 5.41) is 13.3. The molecule has 3 rings (SSSR count). The van der Waals surface area contributed by atoms with Crippen molar-refractivity contribution in [2.75, 3.05) is 29.0 Å². The third kappa shape index (κ3) is 4.29. The number of nitrogens with two attached hydrogens (primary N) is 2. The number of carbonyl (C=O) groups is 1. The number of rotatable bonds is 4. The molecule has 10 heteroatoms. The summed E-state index contributed by atoms with van der Waals surface area (Å²) in [4.78, 5) is 33.0. The van der Waals surface area contributed by atoms with E-state index < -0.39 is 10.8 Å². The number of nitro benzene ring substituents is 1. The van der Waals surface area contributed by atoms with Crippen molar-refractivity contribution in [3.8, 4) is 0 Å². The van der Waals surface area contributed by atoms with E-state index in [-0.39, 0.29) is 22.6 Å². The predicted molar refractivity (Wildman–Crippen MR) is 102 cm³/mol. The molecule has 27 heavy (non-hydrogen) atoms. The molecule has 142 valence electrons. The molecule has 0 unspecified atom stereocenters. The van der Waals surface area contributed by atoms with Crippen LogP contribution in [0.3, 0.4) is 0 Å². The van der Waals surface area contributed by atoms with Gasteiger partial charge in [-0.15, -0.1) is 0 Å². The number of carbonyl (C=O) groups excluding carboxylic acids is 1. The Hall–Kier alpha value is -3.27. The highest BCUT2D eigenvalue weighted by Gasteiger charge is 2.27. The maximum absolute atomic E-state index is 12.4. The van der Waals surface area contributed by atoms with Crippen LogP contribution in [0.1, 0.15) is 30.1 Å². The standard InChI is InChI=1S/C17H21N7O3/c1-17(19)6-8-23(9-7-17)16-20-10-13(14(18)22-16)15(25)21-11-2-4-12(5-3-11)24(26)27/h2-5,10H,6-9,19H2,1H3,(H,21,25)(H2,18,20,22). The van der Waals surface area contributed by atoms with Gasteiger partial charge in [0.05, 0.1) is 4.92 Å². The van der Waals surface area contributed by atoms with Gasteiger partial charge >= 0.3 is 0 Å². The van der Waals surface area contributed by atoms with Gasteiger partial charge in [0.2, 0.25) is 5.95 Å². The number of nitrogens with one attached hydrogen (secondary N) is 1. The summed E-state index contributed by atoms with van der Waals surface area (Å²) in [6, 6.07) is 5.50. The number of aromatic nitrogens is 2. The fraction of sp³-hybridized carbons (Fsp3) is 0.353. The summed E-state index contributed by atoms with van der Waals surface area (Å²) < 4.78 is 0. The van der Waals surface area contributed by atoms with E-state index in [0.29, 0.717) is 11.6 Å². The normalized spacial score (nSPS) is 16.0. The minimum absolute atomic E-state index is 0.0599. The van der Waals surface area contributed by atoms with Crippen molar-refractivity contribution >= 4 is 29.0 Å². The molecular weight excluding hydrogens is 350 g/mol. The van der Waals surface area contributed by atoms with E-state index in [9.17, 15) is 14.9 Å². The zero-order valence-electron chi connectivity index (χ0n) is 14.9. The minimum Gasteiger partial charge on any atom is -0.383 e. The first-order valence-corrected chi connectivity index (χ1v) is 8.47. The number of piperidine rings is 1. The van der Waals surface area contributed by atoms with Crippen molar-refractivity contribution < 1.29 is 9.72 Å². The second-order valence-electron chi connectivity index (χ2n) is 6.87. The van der Waals surface area contributed by atoms with Crippen LogP contribution in [0.15, 0.2) is 30.5 Å². The maximum atomic E-state index is 12.4. The second-order valence-corrected chi connectivity index (χ2v) is 6.87. The van der Waals surface area contributed by atoms with Gasteiger partial charge in [-0.25, -0.2) is 4.98 Å². The smallest absolute Gasteiger partial charge is 0.269 e. The van der Waals surface area contributed by atoms with Crippen LogP contribution in [0.2, 0.25) is 0 Å². The monoisotopic (exact) mass is 371 g/mol. The number of hydrogen-bond acceptors (Lipinski definition) is 8. The summed E-state index contributed by atoms with van der Waals surface area (Å²) in [7, 11) is 0. The van der Waals surface area contributed by atoms with E-state index in [4.69, 9.17) is 11.5 Å². The number of amides is 1. The summed E-state index contributed by atoms with van der Waals surface area (Å²) in [5.74, 6) is 0.0523. The SMILES string of the molecule is CC1(N)CCN(c2ncc(C(=O)Nc3ccc([N+](=O)[O-])cc3)c(N)n2)CC1. The zero-order valence-corrected chi connectivity index (χ0v) is 14.9. The molecule has 0 bridgehead atoms. The highest BCUT2D eigenvalue weighted by molar-refractivity contribution is 6.07. The van der Waals surface area contributed by atoms with Crippen LogP contribution in [-0.2, 0) is 0 Å². The van der Waals surface area contributed by atoms with Crippen LogP contribution < -0.4 is 21.7 Å². The molecule has 1 saturated heterocycles. The largest absolute Gasteiger partial charge is 0.383 e. The Morgan fingerprint density at radius 1 is 1.30 bits per heavy atom. The molecule has 0 aliphatic carbocycles. The Balaban J connectivity index is 1.69. The molecule has 2 aromatic rings.